The lowest BCUT2D eigenvalue weighted by Crippen LogP contribution is -2.43. The van der Waals surface area contributed by atoms with Gasteiger partial charge in [0, 0.05) is 43.7 Å². The Morgan fingerprint density at radius 1 is 1.21 bits per heavy atom. The molecule has 1 aliphatic rings. The summed E-state index contributed by atoms with van der Waals surface area (Å²) in [6.45, 7) is 7.11. The second-order valence-corrected chi connectivity index (χ2v) is 9.39. The first-order chi connectivity index (χ1) is 13.7. The van der Waals surface area contributed by atoms with Gasteiger partial charge in [0.15, 0.2) is 9.84 Å². The summed E-state index contributed by atoms with van der Waals surface area (Å²) in [6.07, 6.45) is 1.19. The summed E-state index contributed by atoms with van der Waals surface area (Å²) in [6, 6.07) is 7.81. The maximum absolute atomic E-state index is 14.0. The Morgan fingerprint density at radius 2 is 1.90 bits per heavy atom. The molecule has 2 aromatic rings. The van der Waals surface area contributed by atoms with E-state index >= 15 is 0 Å². The Bertz CT molecular complexity index is 989. The average molecular weight is 422 g/mol. The maximum atomic E-state index is 14.0. The Hall–Kier alpha value is -2.32. The van der Waals surface area contributed by atoms with Gasteiger partial charge in [-0.2, -0.15) is 0 Å². The van der Waals surface area contributed by atoms with Crippen LogP contribution in [-0.4, -0.2) is 48.0 Å². The summed E-state index contributed by atoms with van der Waals surface area (Å²) in [5, 5.41) is 6.58. The number of hydrogen-bond donors (Lipinski definition) is 2. The van der Waals surface area contributed by atoms with Crippen LogP contribution in [0.3, 0.4) is 0 Å². The molecule has 158 valence electrons. The minimum absolute atomic E-state index is 0.218. The van der Waals surface area contributed by atoms with Crippen LogP contribution in [0.15, 0.2) is 35.2 Å². The van der Waals surface area contributed by atoms with Crippen molar-refractivity contribution in [1.29, 1.82) is 0 Å². The number of sulfone groups is 1. The molecule has 8 heteroatoms. The van der Waals surface area contributed by atoms with Gasteiger partial charge in [-0.3, -0.25) is 0 Å². The van der Waals surface area contributed by atoms with E-state index in [2.05, 4.69) is 15.5 Å². The highest BCUT2D eigenvalue weighted by Crippen LogP contribution is 2.35. The Labute approximate surface area is 172 Å². The van der Waals surface area contributed by atoms with Gasteiger partial charge in [0.05, 0.1) is 23.7 Å². The zero-order chi connectivity index (χ0) is 21.2. The molecule has 0 saturated carbocycles. The van der Waals surface area contributed by atoms with Gasteiger partial charge in [-0.15, -0.1) is 0 Å². The van der Waals surface area contributed by atoms with Crippen LogP contribution >= 0.6 is 0 Å². The zero-order valence-electron chi connectivity index (χ0n) is 17.3. The molecular weight excluding hydrogens is 393 g/mol. The van der Waals surface area contributed by atoms with Gasteiger partial charge < -0.3 is 20.3 Å². The van der Waals surface area contributed by atoms with E-state index in [9.17, 15) is 12.8 Å². The summed E-state index contributed by atoms with van der Waals surface area (Å²) in [5.41, 5.74) is 2.78. The van der Waals surface area contributed by atoms with Gasteiger partial charge in [0.2, 0.25) is 0 Å². The maximum Gasteiger partial charge on any atom is 0.177 e. The molecule has 1 heterocycles. The SMILES string of the molecule is COc1c(C)cc(F)cc1C(C)Nc1cc(N2CCNCC2)ccc1S(C)(=O)=O. The van der Waals surface area contributed by atoms with Crippen LogP contribution in [0.5, 0.6) is 5.75 Å². The van der Waals surface area contributed by atoms with Crippen molar-refractivity contribution in [2.45, 2.75) is 24.8 Å². The molecule has 1 fully saturated rings. The molecule has 0 spiro atoms. The number of nitrogens with zero attached hydrogens (tertiary/aromatic N) is 1. The van der Waals surface area contributed by atoms with Gasteiger partial charge >= 0.3 is 0 Å². The van der Waals surface area contributed by atoms with Crippen molar-refractivity contribution < 1.29 is 17.5 Å². The average Bonchev–Trinajstić information content (AvgIpc) is 2.67. The zero-order valence-corrected chi connectivity index (χ0v) is 18.1. The number of aryl methyl sites for hydroxylation is 1. The fourth-order valence-electron chi connectivity index (χ4n) is 3.74. The van der Waals surface area contributed by atoms with Crippen molar-refractivity contribution in [2.75, 3.05) is 49.8 Å². The van der Waals surface area contributed by atoms with Crippen LogP contribution < -0.4 is 20.3 Å². The molecule has 2 N–H and O–H groups in total. The third-order valence-electron chi connectivity index (χ3n) is 5.16. The highest BCUT2D eigenvalue weighted by atomic mass is 32.2. The predicted octanol–water partition coefficient (Wildman–Crippen LogP) is 3.13. The van der Waals surface area contributed by atoms with Crippen LogP contribution in [0.25, 0.3) is 0 Å². The van der Waals surface area contributed by atoms with Gasteiger partial charge in [0.1, 0.15) is 11.6 Å². The molecule has 1 aliphatic heterocycles. The molecule has 0 aromatic heterocycles. The molecule has 3 rings (SSSR count). The standard InChI is InChI=1S/C21H28FN3O3S/c1-14-11-16(22)12-18(21(14)28-3)15(2)24-19-13-17(25-9-7-23-8-10-25)5-6-20(19)29(4,26)27/h5-6,11-13,15,23-24H,7-10H2,1-4H3. The lowest BCUT2D eigenvalue weighted by molar-refractivity contribution is 0.403. The number of nitrogens with one attached hydrogen (secondary N) is 2. The van der Waals surface area contributed by atoms with Crippen molar-refractivity contribution in [3.8, 4) is 5.75 Å². The fraction of sp³-hybridized carbons (Fsp3) is 0.429. The molecule has 0 amide bonds. The van der Waals surface area contributed by atoms with Crippen LogP contribution in [0.1, 0.15) is 24.1 Å². The van der Waals surface area contributed by atoms with Gasteiger partial charge in [-0.05, 0) is 49.7 Å². The smallest absolute Gasteiger partial charge is 0.177 e. The summed E-state index contributed by atoms with van der Waals surface area (Å²) in [4.78, 5) is 2.43. The van der Waals surface area contributed by atoms with E-state index in [1.54, 1.807) is 20.1 Å². The third kappa shape index (κ3) is 4.82. The predicted molar refractivity (Wildman–Crippen MR) is 114 cm³/mol. The summed E-state index contributed by atoms with van der Waals surface area (Å²) < 4.78 is 44.2. The fourth-order valence-corrected chi connectivity index (χ4v) is 4.57. The number of halogens is 1. The van der Waals surface area contributed by atoms with Crippen molar-refractivity contribution >= 4 is 21.2 Å². The number of hydrogen-bond acceptors (Lipinski definition) is 6. The molecule has 1 atom stereocenters. The summed E-state index contributed by atoms with van der Waals surface area (Å²) in [7, 11) is -1.89. The van der Waals surface area contributed by atoms with E-state index in [4.69, 9.17) is 4.74 Å². The second-order valence-electron chi connectivity index (χ2n) is 7.40. The number of benzene rings is 2. The monoisotopic (exact) mass is 421 g/mol. The quantitative estimate of drug-likeness (QED) is 0.747. The normalized spacial score (nSPS) is 15.8. The first-order valence-electron chi connectivity index (χ1n) is 9.61. The Kier molecular flexibility index (Phi) is 6.33. The van der Waals surface area contributed by atoms with Crippen LogP contribution in [0.4, 0.5) is 15.8 Å². The highest BCUT2D eigenvalue weighted by Gasteiger charge is 2.21. The number of piperazine rings is 1. The molecule has 0 radical (unpaired) electrons. The van der Waals surface area contributed by atoms with Crippen molar-refractivity contribution in [3.63, 3.8) is 0 Å². The van der Waals surface area contributed by atoms with Gasteiger partial charge in [-0.1, -0.05) is 0 Å². The summed E-state index contributed by atoms with van der Waals surface area (Å²) >= 11 is 0. The third-order valence-corrected chi connectivity index (χ3v) is 6.31. The first kappa shape index (κ1) is 21.4. The van der Waals surface area contributed by atoms with Gasteiger partial charge in [-0.25, -0.2) is 12.8 Å². The van der Waals surface area contributed by atoms with E-state index in [1.165, 1.54) is 18.4 Å². The van der Waals surface area contributed by atoms with Crippen LogP contribution in [-0.2, 0) is 9.84 Å². The highest BCUT2D eigenvalue weighted by molar-refractivity contribution is 7.90. The molecule has 6 nitrogen and oxygen atoms in total. The Morgan fingerprint density at radius 3 is 2.52 bits per heavy atom. The van der Waals surface area contributed by atoms with Crippen molar-refractivity contribution in [1.82, 2.24) is 5.32 Å². The molecule has 0 aliphatic carbocycles. The molecular formula is C21H28FN3O3S. The molecule has 0 bridgehead atoms. The number of methoxy groups -OCH3 is 1. The number of anilines is 2. The second kappa shape index (κ2) is 8.59. The molecule has 2 aromatic carbocycles. The molecule has 29 heavy (non-hydrogen) atoms. The van der Waals surface area contributed by atoms with Crippen LogP contribution in [0, 0.1) is 12.7 Å². The lowest BCUT2D eigenvalue weighted by Gasteiger charge is -2.30. The largest absolute Gasteiger partial charge is 0.496 e. The molecule has 1 saturated heterocycles. The van der Waals surface area contributed by atoms with E-state index in [-0.39, 0.29) is 16.8 Å². The lowest BCUT2D eigenvalue weighted by atomic mass is 10.0. The van der Waals surface area contributed by atoms with E-state index in [0.717, 1.165) is 31.9 Å². The first-order valence-corrected chi connectivity index (χ1v) is 11.5. The summed E-state index contributed by atoms with van der Waals surface area (Å²) in [5.74, 6) is 0.232. The minimum atomic E-state index is -3.44. The Balaban J connectivity index is 2.00. The van der Waals surface area contributed by atoms with Crippen LogP contribution in [0.2, 0.25) is 0 Å². The van der Waals surface area contributed by atoms with E-state index in [1.807, 2.05) is 19.1 Å². The topological polar surface area (TPSA) is 70.7 Å². The van der Waals surface area contributed by atoms with Crippen molar-refractivity contribution in [2.24, 2.45) is 0 Å². The van der Waals surface area contributed by atoms with E-state index < -0.39 is 9.84 Å². The van der Waals surface area contributed by atoms with Crippen molar-refractivity contribution in [3.05, 3.63) is 47.3 Å². The van der Waals surface area contributed by atoms with E-state index in [0.29, 0.717) is 22.6 Å². The minimum Gasteiger partial charge on any atom is -0.496 e. The number of rotatable bonds is 6. The molecule has 1 unspecified atom stereocenters. The van der Waals surface area contributed by atoms with Gasteiger partial charge in [0.25, 0.3) is 0 Å². The number of ether oxygens (including phenoxy) is 1.